The summed E-state index contributed by atoms with van der Waals surface area (Å²) in [5, 5.41) is 2.83. The summed E-state index contributed by atoms with van der Waals surface area (Å²) < 4.78 is 0. The molecule has 0 spiro atoms. The summed E-state index contributed by atoms with van der Waals surface area (Å²) in [5.41, 5.74) is 6.95. The molecule has 0 saturated heterocycles. The van der Waals surface area contributed by atoms with Crippen molar-refractivity contribution in [2.45, 2.75) is 65.2 Å². The Balaban J connectivity index is 0.00000225. The van der Waals surface area contributed by atoms with Gasteiger partial charge >= 0.3 is 0 Å². The smallest absolute Gasteiger partial charge is 0 e. The molecule has 0 heterocycles. The van der Waals surface area contributed by atoms with Crippen LogP contribution in [0.5, 0.6) is 0 Å². The van der Waals surface area contributed by atoms with E-state index in [9.17, 15) is 0 Å². The third kappa shape index (κ3) is 4.51. The van der Waals surface area contributed by atoms with E-state index in [1.54, 1.807) is 0 Å². The molecule has 1 saturated carbocycles. The van der Waals surface area contributed by atoms with Crippen LogP contribution in [0, 0.1) is 12.8 Å². The number of hydrogen-bond acceptors (Lipinski definition) is 0. The predicted octanol–water partition coefficient (Wildman–Crippen LogP) is 6.25. The van der Waals surface area contributed by atoms with Crippen molar-refractivity contribution in [3.8, 4) is 11.1 Å². The Labute approximate surface area is 189 Å². The van der Waals surface area contributed by atoms with Gasteiger partial charge in [-0.05, 0) is 88.4 Å². The quantitative estimate of drug-likeness (QED) is 0.519. The van der Waals surface area contributed by atoms with E-state index in [1.807, 2.05) is 0 Å². The van der Waals surface area contributed by atoms with Crippen LogP contribution in [0.3, 0.4) is 0 Å². The van der Waals surface area contributed by atoms with E-state index in [-0.39, 0.29) is 26.2 Å². The minimum Gasteiger partial charge on any atom is -0.0741 e. The maximum atomic E-state index is 2.54. The van der Waals surface area contributed by atoms with Crippen molar-refractivity contribution in [1.82, 2.24) is 0 Å². The molecule has 2 aromatic rings. The van der Waals surface area contributed by atoms with Gasteiger partial charge in [0, 0.05) is 26.2 Å². The zero-order valence-electron chi connectivity index (χ0n) is 17.6. The molecule has 144 valence electrons. The second-order valence-electron chi connectivity index (χ2n) is 8.54. The van der Waals surface area contributed by atoms with Crippen molar-refractivity contribution in [2.75, 3.05) is 0 Å². The van der Waals surface area contributed by atoms with Gasteiger partial charge in [-0.1, -0.05) is 75.6 Å². The summed E-state index contributed by atoms with van der Waals surface area (Å²) >= 11 is 0. The van der Waals surface area contributed by atoms with Crippen LogP contribution in [0.2, 0.25) is 0 Å². The van der Waals surface area contributed by atoms with E-state index < -0.39 is 0 Å². The van der Waals surface area contributed by atoms with Crippen molar-refractivity contribution in [2.24, 2.45) is 5.92 Å². The van der Waals surface area contributed by atoms with Gasteiger partial charge in [-0.15, -0.1) is 0 Å². The second-order valence-corrected chi connectivity index (χ2v) is 8.54. The molecule has 1 atom stereocenters. The van der Waals surface area contributed by atoms with E-state index in [4.69, 9.17) is 0 Å². The van der Waals surface area contributed by atoms with Gasteiger partial charge in [-0.3, -0.25) is 0 Å². The number of benzene rings is 2. The predicted molar refractivity (Wildman–Crippen MR) is 118 cm³/mol. The van der Waals surface area contributed by atoms with Gasteiger partial charge in [0.1, 0.15) is 0 Å². The molecule has 28 heavy (non-hydrogen) atoms. The molecule has 1 unspecified atom stereocenters. The van der Waals surface area contributed by atoms with Crippen LogP contribution in [0.15, 0.2) is 48.0 Å². The molecule has 1 heteroatoms. The Kier molecular flexibility index (Phi) is 7.32. The average molecular weight is 448 g/mol. The monoisotopic (exact) mass is 446 g/mol. The Morgan fingerprint density at radius 3 is 2.29 bits per heavy atom. The van der Waals surface area contributed by atoms with Crippen molar-refractivity contribution in [1.29, 1.82) is 0 Å². The van der Waals surface area contributed by atoms with Gasteiger partial charge < -0.3 is 0 Å². The molecule has 2 aliphatic carbocycles. The molecule has 1 fully saturated rings. The minimum absolute atomic E-state index is 0. The molecule has 0 bridgehead atoms. The molecule has 0 aromatic heterocycles. The summed E-state index contributed by atoms with van der Waals surface area (Å²) in [6.07, 6.45) is 15.5. The number of fused-ring (bicyclic) bond motifs is 1. The standard InChI is InChI=1S/C27H32.Zr/c1-4-19(2)23-11-13-24(14-12-23)25-15-10-20(3)26-17-22(18-27(25)26)16-21-8-6-5-7-9-21;/h10-19,21H,4-9H2,1-3H3;. The van der Waals surface area contributed by atoms with Crippen molar-refractivity contribution in [3.63, 3.8) is 0 Å². The van der Waals surface area contributed by atoms with Gasteiger partial charge in [-0.2, -0.15) is 0 Å². The molecule has 0 amide bonds. The molecule has 2 aliphatic rings. The van der Waals surface area contributed by atoms with Gasteiger partial charge in [-0.25, -0.2) is 0 Å². The van der Waals surface area contributed by atoms with E-state index in [0.717, 1.165) is 5.92 Å². The van der Waals surface area contributed by atoms with E-state index in [1.165, 1.54) is 76.8 Å². The first-order valence-corrected chi connectivity index (χ1v) is 10.8. The Bertz CT molecular complexity index is 957. The summed E-state index contributed by atoms with van der Waals surface area (Å²) in [4.78, 5) is 0. The average Bonchev–Trinajstić information content (AvgIpc) is 3.13. The topological polar surface area (TPSA) is 0 Å². The van der Waals surface area contributed by atoms with Crippen molar-refractivity contribution < 1.29 is 26.2 Å². The van der Waals surface area contributed by atoms with Crippen LogP contribution in [0.25, 0.3) is 23.3 Å². The van der Waals surface area contributed by atoms with E-state index in [0.29, 0.717) is 5.92 Å². The third-order valence-corrected chi connectivity index (χ3v) is 6.61. The molecule has 2 aromatic carbocycles. The van der Waals surface area contributed by atoms with Crippen LogP contribution in [-0.4, -0.2) is 0 Å². The Morgan fingerprint density at radius 1 is 0.929 bits per heavy atom. The molecule has 0 radical (unpaired) electrons. The minimum atomic E-state index is 0. The summed E-state index contributed by atoms with van der Waals surface area (Å²) in [6, 6.07) is 13.8. The SMILES string of the molecule is CCC(C)c1ccc(-c2ccc(C)c3c2=CC(=CC2CCCCC2)C=3)cc1.[Zr]. The summed E-state index contributed by atoms with van der Waals surface area (Å²) in [6.45, 7) is 6.81. The summed E-state index contributed by atoms with van der Waals surface area (Å²) in [5.74, 6) is 1.40. The van der Waals surface area contributed by atoms with Crippen molar-refractivity contribution >= 4 is 12.2 Å². The third-order valence-electron chi connectivity index (χ3n) is 6.61. The van der Waals surface area contributed by atoms with Crippen LogP contribution < -0.4 is 10.4 Å². The second kappa shape index (κ2) is 9.53. The maximum Gasteiger partial charge on any atom is 0 e. The Hall–Kier alpha value is -1.20. The number of hydrogen-bond donors (Lipinski definition) is 0. The largest absolute Gasteiger partial charge is 0.0741 e. The number of rotatable bonds is 4. The van der Waals surface area contributed by atoms with E-state index in [2.05, 4.69) is 75.4 Å². The first kappa shape index (κ1) is 21.5. The number of allylic oxidation sites excluding steroid dienone is 2. The molecule has 0 N–H and O–H groups in total. The van der Waals surface area contributed by atoms with Crippen LogP contribution in [-0.2, 0) is 26.2 Å². The zero-order valence-corrected chi connectivity index (χ0v) is 20.1. The zero-order chi connectivity index (χ0) is 18.8. The fourth-order valence-electron chi connectivity index (χ4n) is 4.62. The summed E-state index contributed by atoms with van der Waals surface area (Å²) in [7, 11) is 0. The van der Waals surface area contributed by atoms with Gasteiger partial charge in [0.15, 0.2) is 0 Å². The maximum absolute atomic E-state index is 2.54. The van der Waals surface area contributed by atoms with Crippen molar-refractivity contribution in [3.05, 3.63) is 69.6 Å². The first-order chi connectivity index (χ1) is 13.2. The van der Waals surface area contributed by atoms with Crippen LogP contribution in [0.4, 0.5) is 0 Å². The van der Waals surface area contributed by atoms with Gasteiger partial charge in [0.25, 0.3) is 0 Å². The fraction of sp³-hybridized carbons (Fsp3) is 0.407. The molecular formula is C27H32Zr. The normalized spacial score (nSPS) is 18.8. The molecule has 4 rings (SSSR count). The molecular weight excluding hydrogens is 416 g/mol. The Morgan fingerprint density at radius 2 is 1.61 bits per heavy atom. The van der Waals surface area contributed by atoms with Gasteiger partial charge in [0.2, 0.25) is 0 Å². The number of aryl methyl sites for hydroxylation is 1. The van der Waals surface area contributed by atoms with Crippen LogP contribution in [0.1, 0.15) is 69.4 Å². The van der Waals surface area contributed by atoms with Crippen LogP contribution >= 0.6 is 0 Å². The molecule has 0 aliphatic heterocycles. The molecule has 0 nitrogen and oxygen atoms in total. The fourth-order valence-corrected chi connectivity index (χ4v) is 4.62. The van der Waals surface area contributed by atoms with Gasteiger partial charge in [0.05, 0.1) is 0 Å². The first-order valence-electron chi connectivity index (χ1n) is 10.8. The van der Waals surface area contributed by atoms with E-state index >= 15 is 0 Å².